The number of nitrogens with one attached hydrogen (secondary N) is 1. The molecule has 7 nitrogen and oxygen atoms in total. The van der Waals surface area contributed by atoms with Crippen molar-refractivity contribution in [2.24, 2.45) is 0 Å². The van der Waals surface area contributed by atoms with Gasteiger partial charge in [-0.15, -0.1) is 11.3 Å². The number of hydrogen-bond donors (Lipinski definition) is 1. The quantitative estimate of drug-likeness (QED) is 0.826. The summed E-state index contributed by atoms with van der Waals surface area (Å²) in [6, 6.07) is 6.70. The standard InChI is InChI=1S/C18H18N4O3S/c23-15(11-22-16(24)13-3-1-2-4-14(13)17(22)25)20-12-5-8-21(9-6-12)18-19-7-10-26-18/h1-4,7,10,12H,5-6,8-9,11H2,(H,20,23). The van der Waals surface area contributed by atoms with Crippen molar-refractivity contribution in [2.75, 3.05) is 24.5 Å². The summed E-state index contributed by atoms with van der Waals surface area (Å²) >= 11 is 1.61. The van der Waals surface area contributed by atoms with Crippen molar-refractivity contribution < 1.29 is 14.4 Å². The molecule has 3 heterocycles. The summed E-state index contributed by atoms with van der Waals surface area (Å²) in [6.45, 7) is 1.41. The van der Waals surface area contributed by atoms with E-state index in [0.717, 1.165) is 36.0 Å². The van der Waals surface area contributed by atoms with Gasteiger partial charge in [0.05, 0.1) is 11.1 Å². The van der Waals surface area contributed by atoms with Crippen LogP contribution in [0.25, 0.3) is 0 Å². The fourth-order valence-corrected chi connectivity index (χ4v) is 4.08. The van der Waals surface area contributed by atoms with Crippen LogP contribution in [0.15, 0.2) is 35.8 Å². The van der Waals surface area contributed by atoms with E-state index < -0.39 is 11.8 Å². The third kappa shape index (κ3) is 3.08. The van der Waals surface area contributed by atoms with Crippen molar-refractivity contribution in [2.45, 2.75) is 18.9 Å². The van der Waals surface area contributed by atoms with Crippen LogP contribution in [0.3, 0.4) is 0 Å². The van der Waals surface area contributed by atoms with Gasteiger partial charge in [0.15, 0.2) is 5.13 Å². The lowest BCUT2D eigenvalue weighted by Crippen LogP contribution is -2.48. The van der Waals surface area contributed by atoms with Gasteiger partial charge >= 0.3 is 0 Å². The highest BCUT2D eigenvalue weighted by atomic mass is 32.1. The summed E-state index contributed by atoms with van der Waals surface area (Å²) in [5.74, 6) is -1.11. The first-order valence-electron chi connectivity index (χ1n) is 8.52. The van der Waals surface area contributed by atoms with E-state index in [-0.39, 0.29) is 18.5 Å². The molecule has 0 spiro atoms. The number of imide groups is 1. The number of piperidine rings is 1. The first-order chi connectivity index (χ1) is 12.6. The number of carbonyl (C=O) groups excluding carboxylic acids is 3. The Morgan fingerprint density at radius 3 is 2.38 bits per heavy atom. The minimum absolute atomic E-state index is 0.0499. The predicted molar refractivity (Wildman–Crippen MR) is 97.3 cm³/mol. The number of hydrogen-bond acceptors (Lipinski definition) is 6. The SMILES string of the molecule is O=C(CN1C(=O)c2ccccc2C1=O)NC1CCN(c2nccs2)CC1. The van der Waals surface area contributed by atoms with Crippen LogP contribution in [0.2, 0.25) is 0 Å². The van der Waals surface area contributed by atoms with Gasteiger partial charge in [0.1, 0.15) is 6.54 Å². The van der Waals surface area contributed by atoms with E-state index >= 15 is 0 Å². The maximum Gasteiger partial charge on any atom is 0.262 e. The van der Waals surface area contributed by atoms with Gasteiger partial charge in [-0.05, 0) is 25.0 Å². The van der Waals surface area contributed by atoms with Crippen molar-refractivity contribution in [1.29, 1.82) is 0 Å². The summed E-state index contributed by atoms with van der Waals surface area (Å²) in [6.07, 6.45) is 3.41. The van der Waals surface area contributed by atoms with Gasteiger partial charge in [0.2, 0.25) is 5.91 Å². The molecule has 8 heteroatoms. The summed E-state index contributed by atoms with van der Waals surface area (Å²) in [5.41, 5.74) is 0.726. The highest BCUT2D eigenvalue weighted by Crippen LogP contribution is 2.23. The van der Waals surface area contributed by atoms with E-state index in [9.17, 15) is 14.4 Å². The minimum Gasteiger partial charge on any atom is -0.352 e. The zero-order chi connectivity index (χ0) is 18.1. The van der Waals surface area contributed by atoms with Crippen LogP contribution in [0.5, 0.6) is 0 Å². The molecule has 1 N–H and O–H groups in total. The van der Waals surface area contributed by atoms with Crippen molar-refractivity contribution in [3.05, 3.63) is 47.0 Å². The lowest BCUT2D eigenvalue weighted by atomic mass is 10.1. The summed E-state index contributed by atoms with van der Waals surface area (Å²) in [7, 11) is 0. The van der Waals surface area contributed by atoms with Crippen LogP contribution in [0, 0.1) is 0 Å². The van der Waals surface area contributed by atoms with Crippen molar-refractivity contribution in [3.63, 3.8) is 0 Å². The van der Waals surface area contributed by atoms with Crippen LogP contribution in [-0.4, -0.2) is 53.3 Å². The van der Waals surface area contributed by atoms with E-state index in [1.54, 1.807) is 41.8 Å². The molecule has 0 radical (unpaired) electrons. The molecule has 2 aromatic rings. The number of benzene rings is 1. The number of anilines is 1. The number of thiazole rings is 1. The number of fused-ring (bicyclic) bond motifs is 1. The average Bonchev–Trinajstić information content (AvgIpc) is 3.27. The zero-order valence-electron chi connectivity index (χ0n) is 14.1. The lowest BCUT2D eigenvalue weighted by molar-refractivity contribution is -0.122. The summed E-state index contributed by atoms with van der Waals surface area (Å²) < 4.78 is 0. The van der Waals surface area contributed by atoms with Gasteiger partial charge in [0.25, 0.3) is 11.8 Å². The molecule has 0 saturated carbocycles. The predicted octanol–water partition coefficient (Wildman–Crippen LogP) is 1.52. The molecule has 1 saturated heterocycles. The lowest BCUT2D eigenvalue weighted by Gasteiger charge is -2.32. The number of rotatable bonds is 4. The van der Waals surface area contributed by atoms with E-state index in [1.807, 2.05) is 5.38 Å². The van der Waals surface area contributed by atoms with E-state index in [0.29, 0.717) is 11.1 Å². The Bertz CT molecular complexity index is 809. The molecule has 1 fully saturated rings. The smallest absolute Gasteiger partial charge is 0.262 e. The molecule has 1 aromatic carbocycles. The van der Waals surface area contributed by atoms with Gasteiger partial charge in [0, 0.05) is 30.7 Å². The van der Waals surface area contributed by atoms with Gasteiger partial charge in [-0.2, -0.15) is 0 Å². The fraction of sp³-hybridized carbons (Fsp3) is 0.333. The highest BCUT2D eigenvalue weighted by molar-refractivity contribution is 7.13. The van der Waals surface area contributed by atoms with Crippen molar-refractivity contribution in [1.82, 2.24) is 15.2 Å². The maximum absolute atomic E-state index is 12.3. The molecule has 0 unspecified atom stereocenters. The Balaban J connectivity index is 1.31. The molecule has 2 aliphatic rings. The Kier molecular flexibility index (Phi) is 4.42. The van der Waals surface area contributed by atoms with Crippen LogP contribution in [0.1, 0.15) is 33.6 Å². The van der Waals surface area contributed by atoms with Gasteiger partial charge < -0.3 is 10.2 Å². The van der Waals surface area contributed by atoms with E-state index in [1.165, 1.54) is 0 Å². The largest absolute Gasteiger partial charge is 0.352 e. The fourth-order valence-electron chi connectivity index (χ4n) is 3.39. The monoisotopic (exact) mass is 370 g/mol. The molecule has 1 aromatic heterocycles. The zero-order valence-corrected chi connectivity index (χ0v) is 14.9. The van der Waals surface area contributed by atoms with E-state index in [4.69, 9.17) is 0 Å². The number of aromatic nitrogens is 1. The van der Waals surface area contributed by atoms with Crippen LogP contribution in [-0.2, 0) is 4.79 Å². The topological polar surface area (TPSA) is 82.6 Å². The van der Waals surface area contributed by atoms with Gasteiger partial charge in [-0.3, -0.25) is 19.3 Å². The molecular weight excluding hydrogens is 352 g/mol. The van der Waals surface area contributed by atoms with Crippen LogP contribution in [0.4, 0.5) is 5.13 Å². The first-order valence-corrected chi connectivity index (χ1v) is 9.40. The Labute approximate surface area is 154 Å². The summed E-state index contributed by atoms with van der Waals surface area (Å²) in [4.78, 5) is 44.5. The average molecular weight is 370 g/mol. The molecule has 2 aliphatic heterocycles. The second kappa shape index (κ2) is 6.87. The third-order valence-electron chi connectivity index (χ3n) is 4.73. The first kappa shape index (κ1) is 16.7. The second-order valence-electron chi connectivity index (χ2n) is 6.39. The molecule has 4 rings (SSSR count). The molecule has 134 valence electrons. The van der Waals surface area contributed by atoms with Crippen molar-refractivity contribution >= 4 is 34.2 Å². The highest BCUT2D eigenvalue weighted by Gasteiger charge is 2.36. The van der Waals surface area contributed by atoms with Crippen LogP contribution >= 0.6 is 11.3 Å². The summed E-state index contributed by atoms with van der Waals surface area (Å²) in [5, 5.41) is 5.90. The Hall–Kier alpha value is -2.74. The second-order valence-corrected chi connectivity index (χ2v) is 7.26. The molecule has 0 atom stereocenters. The normalized spacial score (nSPS) is 17.5. The van der Waals surface area contributed by atoms with E-state index in [2.05, 4.69) is 15.2 Å². The molecule has 0 aliphatic carbocycles. The molecule has 0 bridgehead atoms. The molecular formula is C18H18N4O3S. The third-order valence-corrected chi connectivity index (χ3v) is 5.56. The van der Waals surface area contributed by atoms with Gasteiger partial charge in [-0.1, -0.05) is 12.1 Å². The Morgan fingerprint density at radius 2 is 1.81 bits per heavy atom. The minimum atomic E-state index is -0.403. The maximum atomic E-state index is 12.3. The van der Waals surface area contributed by atoms with Crippen LogP contribution < -0.4 is 10.2 Å². The molecule has 26 heavy (non-hydrogen) atoms. The molecule has 3 amide bonds. The number of nitrogens with zero attached hydrogens (tertiary/aromatic N) is 3. The Morgan fingerprint density at radius 1 is 1.15 bits per heavy atom. The number of carbonyl (C=O) groups is 3. The van der Waals surface area contributed by atoms with Crippen molar-refractivity contribution in [3.8, 4) is 0 Å². The number of amides is 3. The van der Waals surface area contributed by atoms with Gasteiger partial charge in [-0.25, -0.2) is 4.98 Å².